The highest BCUT2D eigenvalue weighted by atomic mass is 35.5. The molecule has 0 bridgehead atoms. The number of nitrogens with zero attached hydrogens (tertiary/aromatic N) is 1. The predicted molar refractivity (Wildman–Crippen MR) is 98.9 cm³/mol. The van der Waals surface area contributed by atoms with E-state index in [2.05, 4.69) is 5.32 Å². The molecule has 1 N–H and O–H groups in total. The molecule has 0 unspecified atom stereocenters. The summed E-state index contributed by atoms with van der Waals surface area (Å²) in [7, 11) is 0. The Kier molecular flexibility index (Phi) is 5.23. The summed E-state index contributed by atoms with van der Waals surface area (Å²) < 4.78 is 4.92. The van der Waals surface area contributed by atoms with E-state index in [0.29, 0.717) is 16.4 Å². The molecule has 1 heterocycles. The number of fused-ring (bicyclic) bond motifs is 1. The molecule has 1 aliphatic rings. The fourth-order valence-corrected chi connectivity index (χ4v) is 2.81. The molecule has 2 aromatic rings. The van der Waals surface area contributed by atoms with Crippen molar-refractivity contribution in [2.45, 2.75) is 6.92 Å². The zero-order valence-electron chi connectivity index (χ0n) is 14.3. The number of ketones is 1. The van der Waals surface area contributed by atoms with E-state index in [9.17, 15) is 19.2 Å². The molecule has 0 spiro atoms. The Morgan fingerprint density at radius 1 is 1.15 bits per heavy atom. The van der Waals surface area contributed by atoms with E-state index < -0.39 is 36.7 Å². The van der Waals surface area contributed by atoms with Crippen LogP contribution in [-0.4, -0.2) is 36.7 Å². The van der Waals surface area contributed by atoms with Crippen molar-refractivity contribution < 1.29 is 23.9 Å². The zero-order valence-corrected chi connectivity index (χ0v) is 15.1. The second kappa shape index (κ2) is 7.59. The number of Topliss-reactive ketones (excluding diaryl/α,β-unsaturated/α-hetero) is 1. The SMILES string of the molecule is Cc1ccc(Cl)cc1NC(=O)COC(=O)CN1C(=O)C(=O)c2ccccc21. The van der Waals surface area contributed by atoms with Gasteiger partial charge in [-0.3, -0.25) is 24.1 Å². The van der Waals surface area contributed by atoms with Crippen LogP contribution in [0.25, 0.3) is 0 Å². The fraction of sp³-hybridized carbons (Fsp3) is 0.158. The molecule has 1 aliphatic heterocycles. The molecule has 2 amide bonds. The molecule has 8 heteroatoms. The van der Waals surface area contributed by atoms with Crippen molar-refractivity contribution in [2.24, 2.45) is 0 Å². The van der Waals surface area contributed by atoms with Gasteiger partial charge >= 0.3 is 5.97 Å². The van der Waals surface area contributed by atoms with Crippen molar-refractivity contribution in [2.75, 3.05) is 23.4 Å². The first-order valence-electron chi connectivity index (χ1n) is 8.03. The maximum Gasteiger partial charge on any atom is 0.326 e. The minimum absolute atomic E-state index is 0.240. The van der Waals surface area contributed by atoms with E-state index in [1.807, 2.05) is 0 Å². The quantitative estimate of drug-likeness (QED) is 0.629. The van der Waals surface area contributed by atoms with Crippen molar-refractivity contribution in [3.05, 3.63) is 58.6 Å². The van der Waals surface area contributed by atoms with Crippen LogP contribution in [0.5, 0.6) is 0 Å². The van der Waals surface area contributed by atoms with Crippen LogP contribution < -0.4 is 10.2 Å². The lowest BCUT2D eigenvalue weighted by atomic mass is 10.1. The molecule has 2 aromatic carbocycles. The van der Waals surface area contributed by atoms with E-state index >= 15 is 0 Å². The molecule has 138 valence electrons. The lowest BCUT2D eigenvalue weighted by molar-refractivity contribution is -0.146. The second-order valence-corrected chi connectivity index (χ2v) is 6.34. The number of hydrogen-bond donors (Lipinski definition) is 1. The summed E-state index contributed by atoms with van der Waals surface area (Å²) >= 11 is 5.89. The van der Waals surface area contributed by atoms with Crippen LogP contribution in [0.4, 0.5) is 11.4 Å². The van der Waals surface area contributed by atoms with Gasteiger partial charge < -0.3 is 10.1 Å². The summed E-state index contributed by atoms with van der Waals surface area (Å²) in [5, 5.41) is 3.06. The van der Waals surface area contributed by atoms with Crippen molar-refractivity contribution in [3.8, 4) is 0 Å². The number of rotatable bonds is 5. The number of hydrogen-bond acceptors (Lipinski definition) is 5. The van der Waals surface area contributed by atoms with Crippen LogP contribution in [0.15, 0.2) is 42.5 Å². The van der Waals surface area contributed by atoms with Gasteiger partial charge in [0.05, 0.1) is 11.3 Å². The molecule has 0 radical (unpaired) electrons. The van der Waals surface area contributed by atoms with Crippen LogP contribution in [0, 0.1) is 6.92 Å². The molecule has 7 nitrogen and oxygen atoms in total. The smallest absolute Gasteiger partial charge is 0.326 e. The number of carbonyl (C=O) groups is 4. The van der Waals surface area contributed by atoms with Gasteiger partial charge in [-0.2, -0.15) is 0 Å². The lowest BCUT2D eigenvalue weighted by Gasteiger charge is -2.15. The van der Waals surface area contributed by atoms with E-state index in [4.69, 9.17) is 16.3 Å². The number of anilines is 2. The molecule has 0 atom stereocenters. The molecular weight excluding hydrogens is 372 g/mol. The van der Waals surface area contributed by atoms with Gasteiger partial charge in [0.15, 0.2) is 6.61 Å². The standard InChI is InChI=1S/C19H15ClN2O5/c1-11-6-7-12(20)8-14(11)21-16(23)10-27-17(24)9-22-15-5-3-2-4-13(15)18(25)19(22)26/h2-8H,9-10H2,1H3,(H,21,23). The van der Waals surface area contributed by atoms with Crippen LogP contribution in [0.1, 0.15) is 15.9 Å². The third-order valence-electron chi connectivity index (χ3n) is 4.00. The number of amides is 2. The van der Waals surface area contributed by atoms with Crippen LogP contribution in [-0.2, 0) is 19.1 Å². The third kappa shape index (κ3) is 3.98. The van der Waals surface area contributed by atoms with Gasteiger partial charge in [-0.1, -0.05) is 29.8 Å². The molecule has 0 saturated heterocycles. The molecular formula is C19H15ClN2O5. The molecule has 27 heavy (non-hydrogen) atoms. The number of nitrogens with one attached hydrogen (secondary N) is 1. The molecule has 0 fully saturated rings. The lowest BCUT2D eigenvalue weighted by Crippen LogP contribution is -2.36. The second-order valence-electron chi connectivity index (χ2n) is 5.91. The van der Waals surface area contributed by atoms with Gasteiger partial charge in [-0.15, -0.1) is 0 Å². The normalized spacial score (nSPS) is 12.7. The number of halogens is 1. The minimum atomic E-state index is -0.800. The highest BCUT2D eigenvalue weighted by Gasteiger charge is 2.36. The van der Waals surface area contributed by atoms with E-state index in [0.717, 1.165) is 10.5 Å². The predicted octanol–water partition coefficient (Wildman–Crippen LogP) is 2.36. The number of ether oxygens (including phenoxy) is 1. The molecule has 0 aliphatic carbocycles. The average molecular weight is 387 g/mol. The molecule has 3 rings (SSSR count). The Morgan fingerprint density at radius 2 is 1.89 bits per heavy atom. The van der Waals surface area contributed by atoms with E-state index in [1.54, 1.807) is 43.3 Å². The Labute approximate surface area is 159 Å². The first-order chi connectivity index (χ1) is 12.9. The summed E-state index contributed by atoms with van der Waals surface area (Å²) in [4.78, 5) is 48.9. The topological polar surface area (TPSA) is 92.8 Å². The maximum atomic E-state index is 12.0. The van der Waals surface area contributed by atoms with Crippen molar-refractivity contribution in [1.82, 2.24) is 0 Å². The number of carbonyl (C=O) groups excluding carboxylic acids is 4. The summed E-state index contributed by atoms with van der Waals surface area (Å²) in [6, 6.07) is 11.4. The third-order valence-corrected chi connectivity index (χ3v) is 4.24. The average Bonchev–Trinajstić information content (AvgIpc) is 2.88. The minimum Gasteiger partial charge on any atom is -0.454 e. The van der Waals surface area contributed by atoms with Gasteiger partial charge in [0.1, 0.15) is 6.54 Å². The number of benzene rings is 2. The Bertz CT molecular complexity index is 957. The Hall–Kier alpha value is -3.19. The van der Waals surface area contributed by atoms with Gasteiger partial charge in [-0.25, -0.2) is 0 Å². The summed E-state index contributed by atoms with van der Waals surface area (Å²) in [5.74, 6) is -2.82. The molecule has 0 aromatic heterocycles. The van der Waals surface area contributed by atoms with E-state index in [-0.39, 0.29) is 5.56 Å². The van der Waals surface area contributed by atoms with Crippen molar-refractivity contribution in [1.29, 1.82) is 0 Å². The van der Waals surface area contributed by atoms with E-state index in [1.165, 1.54) is 6.07 Å². The van der Waals surface area contributed by atoms with Gasteiger partial charge in [0.25, 0.3) is 17.6 Å². The Balaban J connectivity index is 1.57. The number of para-hydroxylation sites is 1. The number of esters is 1. The summed E-state index contributed by atoms with van der Waals surface area (Å²) in [6.07, 6.45) is 0. The maximum absolute atomic E-state index is 12.0. The monoisotopic (exact) mass is 386 g/mol. The van der Waals surface area contributed by atoms with Crippen LogP contribution in [0.2, 0.25) is 5.02 Å². The van der Waals surface area contributed by atoms with Crippen molar-refractivity contribution >= 4 is 46.5 Å². The van der Waals surface area contributed by atoms with Gasteiger partial charge in [-0.05, 0) is 36.8 Å². The number of aryl methyl sites for hydroxylation is 1. The summed E-state index contributed by atoms with van der Waals surface area (Å²) in [5.41, 5.74) is 1.91. The van der Waals surface area contributed by atoms with Gasteiger partial charge in [0.2, 0.25) is 0 Å². The van der Waals surface area contributed by atoms with Gasteiger partial charge in [0, 0.05) is 10.7 Å². The summed E-state index contributed by atoms with van der Waals surface area (Å²) in [6.45, 7) is 0.818. The molecule has 0 saturated carbocycles. The zero-order chi connectivity index (χ0) is 19.6. The largest absolute Gasteiger partial charge is 0.454 e. The van der Waals surface area contributed by atoms with Crippen LogP contribution >= 0.6 is 11.6 Å². The first-order valence-corrected chi connectivity index (χ1v) is 8.41. The highest BCUT2D eigenvalue weighted by Crippen LogP contribution is 2.28. The van der Waals surface area contributed by atoms with Crippen molar-refractivity contribution in [3.63, 3.8) is 0 Å². The Morgan fingerprint density at radius 3 is 2.67 bits per heavy atom. The highest BCUT2D eigenvalue weighted by molar-refractivity contribution is 6.52. The first kappa shape index (κ1) is 18.6. The fourth-order valence-electron chi connectivity index (χ4n) is 2.64. The van der Waals surface area contributed by atoms with Crippen LogP contribution in [0.3, 0.4) is 0 Å².